The van der Waals surface area contributed by atoms with Gasteiger partial charge in [-0.1, -0.05) is 0 Å². The summed E-state index contributed by atoms with van der Waals surface area (Å²) in [4.78, 5) is 11.5. The molecular weight excluding hydrogens is 208 g/mol. The summed E-state index contributed by atoms with van der Waals surface area (Å²) >= 11 is 0. The van der Waals surface area contributed by atoms with E-state index in [0.29, 0.717) is 19.9 Å². The molecule has 94 valence electrons. The molecule has 1 unspecified atom stereocenters. The third-order valence-corrected chi connectivity index (χ3v) is 2.14. The van der Waals surface area contributed by atoms with Gasteiger partial charge < -0.3 is 20.1 Å². The van der Waals surface area contributed by atoms with Crippen LogP contribution in [0.5, 0.6) is 0 Å². The standard InChI is InChI=1S/C11H22N2O3/c1-11(2,3)13-10(14)7-12-6-9-4-5-15-8-16-9/h9,12H,4-8H2,1-3H3,(H,13,14). The molecule has 1 heterocycles. The topological polar surface area (TPSA) is 59.6 Å². The summed E-state index contributed by atoms with van der Waals surface area (Å²) in [5, 5.41) is 5.97. The van der Waals surface area contributed by atoms with Crippen LogP contribution in [-0.2, 0) is 14.3 Å². The second-order valence-electron chi connectivity index (χ2n) is 5.03. The Kier molecular flexibility index (Phi) is 5.18. The predicted molar refractivity (Wildman–Crippen MR) is 61.1 cm³/mol. The third-order valence-electron chi connectivity index (χ3n) is 2.14. The zero-order valence-corrected chi connectivity index (χ0v) is 10.3. The van der Waals surface area contributed by atoms with Crippen molar-refractivity contribution < 1.29 is 14.3 Å². The molecule has 1 aliphatic heterocycles. The van der Waals surface area contributed by atoms with E-state index in [-0.39, 0.29) is 17.6 Å². The van der Waals surface area contributed by atoms with Crippen molar-refractivity contribution in [3.05, 3.63) is 0 Å². The van der Waals surface area contributed by atoms with Crippen LogP contribution in [0.4, 0.5) is 0 Å². The highest BCUT2D eigenvalue weighted by atomic mass is 16.7. The molecule has 0 aliphatic carbocycles. The van der Waals surface area contributed by atoms with Crippen molar-refractivity contribution in [2.75, 3.05) is 26.5 Å². The zero-order valence-electron chi connectivity index (χ0n) is 10.3. The predicted octanol–water partition coefficient (Wildman–Crippen LogP) is 0.254. The van der Waals surface area contributed by atoms with Gasteiger partial charge in [0.05, 0.1) is 19.3 Å². The Labute approximate surface area is 96.9 Å². The van der Waals surface area contributed by atoms with E-state index in [2.05, 4.69) is 10.6 Å². The second-order valence-corrected chi connectivity index (χ2v) is 5.03. The third kappa shape index (κ3) is 6.05. The van der Waals surface area contributed by atoms with Gasteiger partial charge in [0, 0.05) is 12.1 Å². The summed E-state index contributed by atoms with van der Waals surface area (Å²) < 4.78 is 10.4. The second kappa shape index (κ2) is 6.18. The maximum absolute atomic E-state index is 11.5. The number of amides is 1. The lowest BCUT2D eigenvalue weighted by Crippen LogP contribution is -2.46. The summed E-state index contributed by atoms with van der Waals surface area (Å²) in [5.74, 6) is 0.0135. The Morgan fingerprint density at radius 3 is 2.75 bits per heavy atom. The van der Waals surface area contributed by atoms with Crippen molar-refractivity contribution >= 4 is 5.91 Å². The number of carbonyl (C=O) groups excluding carboxylic acids is 1. The number of hydrogen-bond acceptors (Lipinski definition) is 4. The minimum Gasteiger partial charge on any atom is -0.355 e. The van der Waals surface area contributed by atoms with E-state index < -0.39 is 0 Å². The van der Waals surface area contributed by atoms with E-state index in [9.17, 15) is 4.79 Å². The molecule has 0 saturated carbocycles. The molecule has 16 heavy (non-hydrogen) atoms. The summed E-state index contributed by atoms with van der Waals surface area (Å²) in [6, 6.07) is 0. The molecule has 1 aliphatic rings. The molecule has 0 spiro atoms. The Morgan fingerprint density at radius 1 is 1.44 bits per heavy atom. The summed E-state index contributed by atoms with van der Waals surface area (Å²) in [6.07, 6.45) is 1.05. The van der Waals surface area contributed by atoms with Crippen LogP contribution in [0.15, 0.2) is 0 Å². The smallest absolute Gasteiger partial charge is 0.234 e. The SMILES string of the molecule is CC(C)(C)NC(=O)CNCC1CCOCO1. The molecule has 1 atom stereocenters. The highest BCUT2D eigenvalue weighted by molar-refractivity contribution is 5.78. The van der Waals surface area contributed by atoms with Crippen molar-refractivity contribution in [1.29, 1.82) is 0 Å². The van der Waals surface area contributed by atoms with Crippen molar-refractivity contribution in [3.63, 3.8) is 0 Å². The monoisotopic (exact) mass is 230 g/mol. The molecule has 5 heteroatoms. The van der Waals surface area contributed by atoms with Gasteiger partial charge in [-0.25, -0.2) is 0 Å². The van der Waals surface area contributed by atoms with E-state index in [0.717, 1.165) is 13.0 Å². The van der Waals surface area contributed by atoms with Crippen LogP contribution in [0.1, 0.15) is 27.2 Å². The van der Waals surface area contributed by atoms with Crippen molar-refractivity contribution in [2.45, 2.75) is 38.8 Å². The van der Waals surface area contributed by atoms with Crippen LogP contribution < -0.4 is 10.6 Å². The molecule has 0 radical (unpaired) electrons. The molecule has 1 rings (SSSR count). The number of carbonyl (C=O) groups is 1. The van der Waals surface area contributed by atoms with Crippen molar-refractivity contribution in [1.82, 2.24) is 10.6 Å². The summed E-state index contributed by atoms with van der Waals surface area (Å²) in [7, 11) is 0. The Morgan fingerprint density at radius 2 is 2.19 bits per heavy atom. The van der Waals surface area contributed by atoms with E-state index >= 15 is 0 Å². The Bertz CT molecular complexity index is 220. The van der Waals surface area contributed by atoms with Gasteiger partial charge in [-0.15, -0.1) is 0 Å². The van der Waals surface area contributed by atoms with E-state index in [1.165, 1.54) is 0 Å². The van der Waals surface area contributed by atoms with Crippen molar-refractivity contribution in [3.8, 4) is 0 Å². The first-order valence-electron chi connectivity index (χ1n) is 5.68. The largest absolute Gasteiger partial charge is 0.355 e. The van der Waals surface area contributed by atoms with Crippen LogP contribution in [0.3, 0.4) is 0 Å². The normalized spacial score (nSPS) is 21.8. The van der Waals surface area contributed by atoms with Gasteiger partial charge in [-0.3, -0.25) is 4.79 Å². The summed E-state index contributed by atoms with van der Waals surface area (Å²) in [6.45, 7) is 8.02. The number of hydrogen-bond donors (Lipinski definition) is 2. The first-order chi connectivity index (χ1) is 7.47. The zero-order chi connectivity index (χ0) is 12.0. The summed E-state index contributed by atoms with van der Waals surface area (Å²) in [5.41, 5.74) is -0.173. The quantitative estimate of drug-likeness (QED) is 0.727. The van der Waals surface area contributed by atoms with Gasteiger partial charge in [0.2, 0.25) is 5.91 Å². The average Bonchev–Trinajstić information content (AvgIpc) is 2.16. The lowest BCUT2D eigenvalue weighted by Gasteiger charge is -2.24. The van der Waals surface area contributed by atoms with Gasteiger partial charge >= 0.3 is 0 Å². The van der Waals surface area contributed by atoms with Gasteiger partial charge in [0.1, 0.15) is 6.79 Å². The van der Waals surface area contributed by atoms with Crippen LogP contribution in [0.25, 0.3) is 0 Å². The first kappa shape index (κ1) is 13.4. The molecule has 0 aromatic rings. The average molecular weight is 230 g/mol. The fourth-order valence-corrected chi connectivity index (χ4v) is 1.47. The van der Waals surface area contributed by atoms with Crippen molar-refractivity contribution in [2.24, 2.45) is 0 Å². The molecule has 1 amide bonds. The molecule has 1 fully saturated rings. The van der Waals surface area contributed by atoms with Gasteiger partial charge in [-0.2, -0.15) is 0 Å². The highest BCUT2D eigenvalue weighted by Crippen LogP contribution is 2.04. The Balaban J connectivity index is 2.08. The number of rotatable bonds is 4. The van der Waals surface area contributed by atoms with Crippen LogP contribution >= 0.6 is 0 Å². The molecule has 0 aromatic heterocycles. The maximum atomic E-state index is 11.5. The molecule has 1 saturated heterocycles. The van der Waals surface area contributed by atoms with E-state index in [1.807, 2.05) is 20.8 Å². The maximum Gasteiger partial charge on any atom is 0.234 e. The van der Waals surface area contributed by atoms with Gasteiger partial charge in [0.15, 0.2) is 0 Å². The molecule has 5 nitrogen and oxygen atoms in total. The fraction of sp³-hybridized carbons (Fsp3) is 0.909. The first-order valence-corrected chi connectivity index (χ1v) is 5.68. The molecular formula is C11H22N2O3. The van der Waals surface area contributed by atoms with Crippen LogP contribution in [0, 0.1) is 0 Å². The molecule has 0 aromatic carbocycles. The lowest BCUT2D eigenvalue weighted by molar-refractivity contribution is -0.137. The number of nitrogens with one attached hydrogen (secondary N) is 2. The van der Waals surface area contributed by atoms with Gasteiger partial charge in [-0.05, 0) is 27.2 Å². The van der Waals surface area contributed by atoms with Crippen LogP contribution in [0.2, 0.25) is 0 Å². The highest BCUT2D eigenvalue weighted by Gasteiger charge is 2.16. The minimum atomic E-state index is -0.173. The minimum absolute atomic E-state index is 0.0135. The van der Waals surface area contributed by atoms with Crippen LogP contribution in [-0.4, -0.2) is 44.0 Å². The van der Waals surface area contributed by atoms with E-state index in [1.54, 1.807) is 0 Å². The Hall–Kier alpha value is -0.650. The van der Waals surface area contributed by atoms with Gasteiger partial charge in [0.25, 0.3) is 0 Å². The fourth-order valence-electron chi connectivity index (χ4n) is 1.47. The molecule has 2 N–H and O–H groups in total. The lowest BCUT2D eigenvalue weighted by atomic mass is 10.1. The van der Waals surface area contributed by atoms with E-state index in [4.69, 9.17) is 9.47 Å². The molecule has 0 bridgehead atoms. The number of ether oxygens (including phenoxy) is 2.